The van der Waals surface area contributed by atoms with Gasteiger partial charge >= 0.3 is 6.36 Å². The van der Waals surface area contributed by atoms with Gasteiger partial charge in [0.1, 0.15) is 5.75 Å². The molecule has 35 heavy (non-hydrogen) atoms. The maximum absolute atomic E-state index is 13.3. The van der Waals surface area contributed by atoms with E-state index < -0.39 is 32.2 Å². The molecule has 7 nitrogen and oxygen atoms in total. The molecule has 0 saturated heterocycles. The Hall–Kier alpha value is -2.93. The molecule has 3 aromatic rings. The number of hydrogen-bond donors (Lipinski definition) is 1. The van der Waals surface area contributed by atoms with E-state index >= 15 is 0 Å². The molecule has 0 bridgehead atoms. The van der Waals surface area contributed by atoms with Crippen LogP contribution in [0.25, 0.3) is 11.1 Å². The largest absolute Gasteiger partial charge is 0.573 e. The van der Waals surface area contributed by atoms with Crippen molar-refractivity contribution in [2.24, 2.45) is 0 Å². The lowest BCUT2D eigenvalue weighted by Crippen LogP contribution is -2.33. The highest BCUT2D eigenvalue weighted by molar-refractivity contribution is 7.89. The number of hydrogen-bond acceptors (Lipinski definition) is 5. The van der Waals surface area contributed by atoms with Crippen molar-refractivity contribution in [3.63, 3.8) is 0 Å². The molecule has 0 unspecified atom stereocenters. The first kappa shape index (κ1) is 25.2. The second kappa shape index (κ2) is 9.61. The van der Waals surface area contributed by atoms with Crippen LogP contribution in [0.4, 0.5) is 13.2 Å². The third kappa shape index (κ3) is 5.67. The minimum absolute atomic E-state index is 0.0614. The zero-order valence-corrected chi connectivity index (χ0v) is 19.8. The Labute approximate surface area is 201 Å². The fraction of sp³-hybridized carbons (Fsp3) is 0.217. The van der Waals surface area contributed by atoms with Crippen LogP contribution >= 0.6 is 0 Å². The van der Waals surface area contributed by atoms with Crippen LogP contribution in [0.5, 0.6) is 5.75 Å². The fourth-order valence-electron chi connectivity index (χ4n) is 3.81. The number of sulfonamides is 2. The highest BCUT2D eigenvalue weighted by atomic mass is 32.2. The van der Waals surface area contributed by atoms with Crippen molar-refractivity contribution in [1.29, 1.82) is 0 Å². The summed E-state index contributed by atoms with van der Waals surface area (Å²) in [7, 11) is -7.84. The minimum Gasteiger partial charge on any atom is -0.406 e. The molecule has 0 aromatic heterocycles. The van der Waals surface area contributed by atoms with Gasteiger partial charge in [-0.1, -0.05) is 42.5 Å². The van der Waals surface area contributed by atoms with E-state index in [0.29, 0.717) is 5.56 Å². The van der Waals surface area contributed by atoms with Gasteiger partial charge in [-0.2, -0.15) is 4.31 Å². The predicted molar refractivity (Wildman–Crippen MR) is 122 cm³/mol. The number of benzene rings is 3. The van der Waals surface area contributed by atoms with Crippen LogP contribution in [0.2, 0.25) is 0 Å². The molecule has 1 heterocycles. The zero-order valence-electron chi connectivity index (χ0n) is 18.2. The van der Waals surface area contributed by atoms with Crippen molar-refractivity contribution in [2.45, 2.75) is 29.1 Å². The Bertz CT molecular complexity index is 1420. The molecule has 0 atom stereocenters. The van der Waals surface area contributed by atoms with Crippen molar-refractivity contribution >= 4 is 20.0 Å². The van der Waals surface area contributed by atoms with Gasteiger partial charge in [-0.3, -0.25) is 0 Å². The van der Waals surface area contributed by atoms with Crippen molar-refractivity contribution in [2.75, 3.05) is 13.1 Å². The molecular formula is C23H21F3N2O5S2. The maximum Gasteiger partial charge on any atom is 0.573 e. The Morgan fingerprint density at radius 1 is 0.914 bits per heavy atom. The SMILES string of the molecule is O=S(=O)(NCCCN1Cc2ccccc2-c2ccccc2S1(=O)=O)c1ccc(OC(F)(F)F)cc1. The van der Waals surface area contributed by atoms with Crippen LogP contribution in [0.15, 0.2) is 82.6 Å². The van der Waals surface area contributed by atoms with Crippen molar-refractivity contribution in [3.05, 3.63) is 78.4 Å². The highest BCUT2D eigenvalue weighted by Crippen LogP contribution is 2.36. The Morgan fingerprint density at radius 3 is 2.23 bits per heavy atom. The average molecular weight is 527 g/mol. The van der Waals surface area contributed by atoms with Crippen molar-refractivity contribution in [1.82, 2.24) is 9.03 Å². The summed E-state index contributed by atoms with van der Waals surface area (Å²) in [4.78, 5) is -0.0519. The molecule has 3 aromatic carbocycles. The molecule has 186 valence electrons. The van der Waals surface area contributed by atoms with Crippen LogP contribution in [0.1, 0.15) is 12.0 Å². The minimum atomic E-state index is -4.88. The lowest BCUT2D eigenvalue weighted by molar-refractivity contribution is -0.274. The molecule has 0 spiro atoms. The number of nitrogens with one attached hydrogen (secondary N) is 1. The van der Waals surface area contributed by atoms with E-state index in [0.717, 1.165) is 35.4 Å². The number of rotatable bonds is 7. The highest BCUT2D eigenvalue weighted by Gasteiger charge is 2.32. The molecule has 1 aliphatic rings. The van der Waals surface area contributed by atoms with E-state index in [4.69, 9.17) is 0 Å². The predicted octanol–water partition coefficient (Wildman–Crippen LogP) is 4.13. The number of nitrogens with zero attached hydrogens (tertiary/aromatic N) is 1. The van der Waals surface area contributed by atoms with Crippen LogP contribution in [-0.4, -0.2) is 40.6 Å². The van der Waals surface area contributed by atoms with Crippen molar-refractivity contribution < 1.29 is 34.7 Å². The summed E-state index contributed by atoms with van der Waals surface area (Å²) in [6, 6.07) is 17.9. The molecule has 0 saturated carbocycles. The molecule has 0 amide bonds. The zero-order chi connectivity index (χ0) is 25.3. The Balaban J connectivity index is 1.44. The first-order valence-electron chi connectivity index (χ1n) is 10.5. The standard InChI is InChI=1S/C23H21F3N2O5S2/c24-23(25,26)33-18-10-12-19(13-11-18)34(29,30)27-14-5-15-28-16-17-6-1-2-7-20(17)21-8-3-4-9-22(21)35(28,31)32/h1-4,6-13,27H,5,14-16H2. The summed E-state index contributed by atoms with van der Waals surface area (Å²) in [6.45, 7) is 0.130. The summed E-state index contributed by atoms with van der Waals surface area (Å²) in [5.74, 6) is -0.539. The van der Waals surface area contributed by atoms with E-state index in [1.54, 1.807) is 24.3 Å². The monoisotopic (exact) mass is 526 g/mol. The van der Waals surface area contributed by atoms with Gasteiger partial charge in [0, 0.05) is 25.2 Å². The summed E-state index contributed by atoms with van der Waals surface area (Å²) in [5, 5.41) is 0. The molecule has 4 rings (SSSR count). The fourth-order valence-corrected chi connectivity index (χ4v) is 6.55. The summed E-state index contributed by atoms with van der Waals surface area (Å²) < 4.78 is 95.9. The lowest BCUT2D eigenvalue weighted by Gasteiger charge is -2.21. The molecule has 0 fully saturated rings. The van der Waals surface area contributed by atoms with E-state index in [2.05, 4.69) is 9.46 Å². The second-order valence-corrected chi connectivity index (χ2v) is 11.4. The first-order valence-corrected chi connectivity index (χ1v) is 13.4. The number of halogens is 3. The topological polar surface area (TPSA) is 92.8 Å². The summed E-state index contributed by atoms with van der Waals surface area (Å²) in [5.41, 5.74) is 2.28. The Morgan fingerprint density at radius 2 is 1.54 bits per heavy atom. The quantitative estimate of drug-likeness (QED) is 0.468. The van der Waals surface area contributed by atoms with E-state index in [-0.39, 0.29) is 35.8 Å². The third-order valence-corrected chi connectivity index (χ3v) is 8.78. The van der Waals surface area contributed by atoms with Gasteiger partial charge in [-0.05, 0) is 47.9 Å². The molecule has 1 aliphatic heterocycles. The van der Waals surface area contributed by atoms with Crippen LogP contribution in [0.3, 0.4) is 0 Å². The number of alkyl halides is 3. The average Bonchev–Trinajstić information content (AvgIpc) is 2.89. The van der Waals surface area contributed by atoms with Crippen LogP contribution < -0.4 is 9.46 Å². The number of fused-ring (bicyclic) bond motifs is 3. The molecule has 12 heteroatoms. The summed E-state index contributed by atoms with van der Waals surface area (Å²) in [6.07, 6.45) is -4.70. The van der Waals surface area contributed by atoms with E-state index in [1.165, 1.54) is 4.31 Å². The van der Waals surface area contributed by atoms with Crippen LogP contribution in [-0.2, 0) is 26.6 Å². The molecule has 0 aliphatic carbocycles. The van der Waals surface area contributed by atoms with Crippen LogP contribution in [0, 0.1) is 0 Å². The van der Waals surface area contributed by atoms with Gasteiger partial charge in [0.15, 0.2) is 0 Å². The van der Waals surface area contributed by atoms with Gasteiger partial charge in [0.25, 0.3) is 0 Å². The smallest absolute Gasteiger partial charge is 0.406 e. The normalized spacial score (nSPS) is 15.6. The lowest BCUT2D eigenvalue weighted by atomic mass is 10.00. The number of ether oxygens (including phenoxy) is 1. The first-order chi connectivity index (χ1) is 16.5. The maximum atomic E-state index is 13.3. The van der Waals surface area contributed by atoms with Gasteiger partial charge in [-0.15, -0.1) is 13.2 Å². The van der Waals surface area contributed by atoms with Gasteiger partial charge in [0.05, 0.1) is 9.79 Å². The van der Waals surface area contributed by atoms with Gasteiger partial charge in [0.2, 0.25) is 20.0 Å². The van der Waals surface area contributed by atoms with Crippen molar-refractivity contribution in [3.8, 4) is 16.9 Å². The molecule has 0 radical (unpaired) electrons. The second-order valence-electron chi connectivity index (χ2n) is 7.76. The van der Waals surface area contributed by atoms with E-state index in [1.807, 2.05) is 24.3 Å². The Kier molecular flexibility index (Phi) is 6.91. The van der Waals surface area contributed by atoms with Gasteiger partial charge < -0.3 is 4.74 Å². The van der Waals surface area contributed by atoms with E-state index in [9.17, 15) is 30.0 Å². The van der Waals surface area contributed by atoms with Gasteiger partial charge in [-0.25, -0.2) is 21.6 Å². The summed E-state index contributed by atoms with van der Waals surface area (Å²) >= 11 is 0. The molecule has 1 N–H and O–H groups in total. The molecular weight excluding hydrogens is 505 g/mol. The third-order valence-electron chi connectivity index (χ3n) is 5.40.